The standard InChI is InChI=1S/C7H4BrCl2NO4S/c8-5-3-4(9)1-2-6(5)15-7(12)11-16(10,13)14/h1-3H,(H,11,12). The molecular formula is C7H4BrCl2NO4S. The van der Waals surface area contributed by atoms with E-state index in [1.54, 1.807) is 0 Å². The van der Waals surface area contributed by atoms with Gasteiger partial charge in [0.1, 0.15) is 5.75 Å². The van der Waals surface area contributed by atoms with E-state index in [1.165, 1.54) is 22.9 Å². The van der Waals surface area contributed by atoms with Gasteiger partial charge < -0.3 is 4.74 Å². The Morgan fingerprint density at radius 2 is 2.06 bits per heavy atom. The first-order valence-corrected chi connectivity index (χ1v) is 7.15. The average Bonchev–Trinajstić information content (AvgIpc) is 2.06. The summed E-state index contributed by atoms with van der Waals surface area (Å²) >= 11 is 8.74. The third-order valence-corrected chi connectivity index (χ3v) is 2.80. The second-order valence-corrected chi connectivity index (χ2v) is 6.09. The summed E-state index contributed by atoms with van der Waals surface area (Å²) in [6, 6.07) is 4.36. The van der Waals surface area contributed by atoms with Gasteiger partial charge in [-0.3, -0.25) is 0 Å². The molecule has 0 aliphatic carbocycles. The van der Waals surface area contributed by atoms with E-state index in [4.69, 9.17) is 22.3 Å². The smallest absolute Gasteiger partial charge is 0.408 e. The zero-order chi connectivity index (χ0) is 12.3. The van der Waals surface area contributed by atoms with E-state index < -0.39 is 15.3 Å². The number of carbonyl (C=O) groups is 1. The molecule has 0 aliphatic heterocycles. The van der Waals surface area contributed by atoms with E-state index in [2.05, 4.69) is 20.7 Å². The Kier molecular flexibility index (Phi) is 4.43. The normalized spacial score (nSPS) is 10.9. The molecule has 1 aromatic rings. The van der Waals surface area contributed by atoms with Gasteiger partial charge in [-0.05, 0) is 34.1 Å². The highest BCUT2D eigenvalue weighted by Crippen LogP contribution is 2.27. The van der Waals surface area contributed by atoms with E-state index in [0.717, 1.165) is 0 Å². The third-order valence-electron chi connectivity index (χ3n) is 1.30. The SMILES string of the molecule is O=C(NS(=O)(=O)Cl)Oc1ccc(Cl)cc1Br. The zero-order valence-electron chi connectivity index (χ0n) is 7.41. The fourth-order valence-electron chi connectivity index (χ4n) is 0.778. The zero-order valence-corrected chi connectivity index (χ0v) is 11.3. The van der Waals surface area contributed by atoms with Crippen LogP contribution >= 0.6 is 38.2 Å². The Balaban J connectivity index is 2.78. The molecule has 0 aromatic heterocycles. The number of halogens is 3. The molecule has 0 atom stereocenters. The molecule has 0 saturated heterocycles. The Bertz CT molecular complexity index is 519. The fraction of sp³-hybridized carbons (Fsp3) is 0. The third kappa shape index (κ3) is 4.56. The number of ether oxygens (including phenoxy) is 1. The van der Waals surface area contributed by atoms with Crippen molar-refractivity contribution in [3.63, 3.8) is 0 Å². The van der Waals surface area contributed by atoms with Gasteiger partial charge in [0, 0.05) is 15.7 Å². The van der Waals surface area contributed by atoms with Crippen molar-refractivity contribution in [2.45, 2.75) is 0 Å². The predicted molar refractivity (Wildman–Crippen MR) is 63.1 cm³/mol. The van der Waals surface area contributed by atoms with Crippen LogP contribution in [0.3, 0.4) is 0 Å². The Morgan fingerprint density at radius 1 is 1.44 bits per heavy atom. The minimum absolute atomic E-state index is 0.113. The second kappa shape index (κ2) is 5.22. The Hall–Kier alpha value is -0.500. The number of carbonyl (C=O) groups excluding carboxylic acids is 1. The van der Waals surface area contributed by atoms with Gasteiger partial charge in [-0.2, -0.15) is 8.42 Å². The van der Waals surface area contributed by atoms with Gasteiger partial charge in [-0.15, -0.1) is 0 Å². The van der Waals surface area contributed by atoms with Gasteiger partial charge >= 0.3 is 15.3 Å². The topological polar surface area (TPSA) is 72.5 Å². The summed E-state index contributed by atoms with van der Waals surface area (Å²) in [5.41, 5.74) is 0. The Morgan fingerprint density at radius 3 is 2.56 bits per heavy atom. The first kappa shape index (κ1) is 13.6. The number of hydrogen-bond donors (Lipinski definition) is 1. The van der Waals surface area contributed by atoms with Crippen LogP contribution in [0, 0.1) is 0 Å². The molecule has 0 saturated carbocycles. The monoisotopic (exact) mass is 347 g/mol. The maximum atomic E-state index is 11.0. The summed E-state index contributed by atoms with van der Waals surface area (Å²) in [6.07, 6.45) is -1.21. The van der Waals surface area contributed by atoms with Gasteiger partial charge in [0.05, 0.1) is 4.47 Å². The molecular weight excluding hydrogens is 345 g/mol. The van der Waals surface area contributed by atoms with Gasteiger partial charge in [-0.25, -0.2) is 9.52 Å². The quantitative estimate of drug-likeness (QED) is 0.834. The maximum Gasteiger partial charge on any atom is 0.427 e. The molecule has 0 spiro atoms. The minimum Gasteiger partial charge on any atom is -0.408 e. The Labute approximate surface area is 109 Å². The highest BCUT2D eigenvalue weighted by molar-refractivity contribution is 9.10. The number of hydrogen-bond acceptors (Lipinski definition) is 4. The van der Waals surface area contributed by atoms with E-state index in [1.807, 2.05) is 0 Å². The van der Waals surface area contributed by atoms with Crippen molar-refractivity contribution >= 4 is 53.5 Å². The highest BCUT2D eigenvalue weighted by atomic mass is 79.9. The molecule has 0 heterocycles. The van der Waals surface area contributed by atoms with Crippen LogP contribution in [0.1, 0.15) is 0 Å². The first-order valence-electron chi connectivity index (χ1n) is 3.67. The molecule has 16 heavy (non-hydrogen) atoms. The van der Waals surface area contributed by atoms with Crippen molar-refractivity contribution in [3.8, 4) is 5.75 Å². The van der Waals surface area contributed by atoms with Gasteiger partial charge in [0.25, 0.3) is 0 Å². The van der Waals surface area contributed by atoms with Crippen LogP contribution < -0.4 is 9.46 Å². The lowest BCUT2D eigenvalue weighted by Crippen LogP contribution is -2.29. The predicted octanol–water partition coefficient (Wildman–Crippen LogP) is 2.67. The van der Waals surface area contributed by atoms with E-state index in [-0.39, 0.29) is 5.75 Å². The summed E-state index contributed by atoms with van der Waals surface area (Å²) in [5.74, 6) is 0.113. The summed E-state index contributed by atoms with van der Waals surface area (Å²) in [6.45, 7) is 0. The molecule has 0 aliphatic rings. The fourth-order valence-corrected chi connectivity index (χ4v) is 1.97. The van der Waals surface area contributed by atoms with Crippen molar-refractivity contribution in [2.24, 2.45) is 0 Å². The van der Waals surface area contributed by atoms with Crippen LogP contribution in [0.25, 0.3) is 0 Å². The molecule has 0 unspecified atom stereocenters. The van der Waals surface area contributed by atoms with Crippen LogP contribution in [0.5, 0.6) is 5.75 Å². The minimum atomic E-state index is -4.16. The molecule has 1 amide bonds. The largest absolute Gasteiger partial charge is 0.427 e. The molecule has 1 aromatic carbocycles. The number of nitrogens with one attached hydrogen (secondary N) is 1. The van der Waals surface area contributed by atoms with E-state index in [0.29, 0.717) is 9.50 Å². The first-order chi connectivity index (χ1) is 7.28. The van der Waals surface area contributed by atoms with Crippen LogP contribution in [0.15, 0.2) is 22.7 Å². The van der Waals surface area contributed by atoms with Gasteiger partial charge in [-0.1, -0.05) is 11.6 Å². The molecule has 0 bridgehead atoms. The second-order valence-electron chi connectivity index (χ2n) is 2.50. The van der Waals surface area contributed by atoms with Crippen LogP contribution in [0.2, 0.25) is 5.02 Å². The maximum absolute atomic E-state index is 11.0. The van der Waals surface area contributed by atoms with Crippen molar-refractivity contribution < 1.29 is 17.9 Å². The number of rotatable bonds is 2. The summed E-state index contributed by atoms with van der Waals surface area (Å²) in [4.78, 5) is 11.0. The average molecular weight is 349 g/mol. The molecule has 5 nitrogen and oxygen atoms in total. The van der Waals surface area contributed by atoms with Gasteiger partial charge in [0.2, 0.25) is 0 Å². The highest BCUT2D eigenvalue weighted by Gasteiger charge is 2.14. The van der Waals surface area contributed by atoms with Gasteiger partial charge in [0.15, 0.2) is 0 Å². The van der Waals surface area contributed by atoms with Crippen LogP contribution in [0.4, 0.5) is 4.79 Å². The van der Waals surface area contributed by atoms with Crippen molar-refractivity contribution in [3.05, 3.63) is 27.7 Å². The van der Waals surface area contributed by atoms with Crippen LogP contribution in [-0.4, -0.2) is 14.5 Å². The van der Waals surface area contributed by atoms with Crippen molar-refractivity contribution in [2.75, 3.05) is 0 Å². The lowest BCUT2D eigenvalue weighted by atomic mass is 10.3. The molecule has 0 fully saturated rings. The summed E-state index contributed by atoms with van der Waals surface area (Å²) in [5, 5.41) is 0.435. The molecule has 0 radical (unpaired) electrons. The lowest BCUT2D eigenvalue weighted by molar-refractivity contribution is 0.206. The number of benzene rings is 1. The molecule has 1 rings (SSSR count). The summed E-state index contributed by atoms with van der Waals surface area (Å²) in [7, 11) is 0.629. The lowest BCUT2D eigenvalue weighted by Gasteiger charge is -2.05. The van der Waals surface area contributed by atoms with E-state index >= 15 is 0 Å². The molecule has 88 valence electrons. The van der Waals surface area contributed by atoms with E-state index in [9.17, 15) is 13.2 Å². The van der Waals surface area contributed by atoms with Crippen LogP contribution in [-0.2, 0) is 9.24 Å². The summed E-state index contributed by atoms with van der Waals surface area (Å²) < 4.78 is 27.5. The van der Waals surface area contributed by atoms with Crippen molar-refractivity contribution in [1.82, 2.24) is 4.72 Å². The number of amides is 1. The molecule has 9 heteroatoms. The van der Waals surface area contributed by atoms with Crippen molar-refractivity contribution in [1.29, 1.82) is 0 Å². The molecule has 1 N–H and O–H groups in total.